The number of Topliss-reactive ketones (excluding diaryl/α,β-unsaturated/α-hetero) is 1. The van der Waals surface area contributed by atoms with E-state index in [9.17, 15) is 9.59 Å². The number of hydrogen-bond donors (Lipinski definition) is 0. The monoisotopic (exact) mass is 182 g/mol. The van der Waals surface area contributed by atoms with Crippen molar-refractivity contribution in [3.63, 3.8) is 0 Å². The summed E-state index contributed by atoms with van der Waals surface area (Å²) in [4.78, 5) is 22.7. The normalized spacial score (nSPS) is 11.2. The van der Waals surface area contributed by atoms with Crippen LogP contribution in [-0.2, 0) is 4.79 Å². The van der Waals surface area contributed by atoms with Crippen LogP contribution in [0.15, 0.2) is 17.5 Å². The molecule has 1 aromatic heterocycles. The predicted octanol–water partition coefficient (Wildman–Crippen LogP) is 2.16. The van der Waals surface area contributed by atoms with Gasteiger partial charge < -0.3 is 4.79 Å². The smallest absolute Gasteiger partial charge is 0.185 e. The standard InChI is InChI=1S/C9H10O2S/c1-9(2,6-10)8(11)7-4-3-5-12-7/h3-6H,1-2H3. The van der Waals surface area contributed by atoms with E-state index >= 15 is 0 Å². The third-order valence-corrected chi connectivity index (χ3v) is 2.49. The second-order valence-electron chi connectivity index (χ2n) is 3.15. The first kappa shape index (κ1) is 9.13. The fraction of sp³-hybridized carbons (Fsp3) is 0.333. The van der Waals surface area contributed by atoms with Gasteiger partial charge in [0.15, 0.2) is 5.78 Å². The molecule has 0 fully saturated rings. The van der Waals surface area contributed by atoms with Gasteiger partial charge in [-0.3, -0.25) is 4.79 Å². The molecule has 0 N–H and O–H groups in total. The summed E-state index contributed by atoms with van der Waals surface area (Å²) in [6, 6.07) is 3.54. The Kier molecular flexibility index (Phi) is 2.43. The van der Waals surface area contributed by atoms with Crippen molar-refractivity contribution in [1.29, 1.82) is 0 Å². The van der Waals surface area contributed by atoms with Gasteiger partial charge in [-0.25, -0.2) is 0 Å². The quantitative estimate of drug-likeness (QED) is 0.408. The minimum atomic E-state index is -0.884. The molecular weight excluding hydrogens is 172 g/mol. The Morgan fingerprint density at radius 1 is 1.58 bits per heavy atom. The zero-order chi connectivity index (χ0) is 9.19. The number of carbonyl (C=O) groups is 2. The minimum absolute atomic E-state index is 0.104. The molecule has 0 amide bonds. The van der Waals surface area contributed by atoms with Crippen LogP contribution in [0, 0.1) is 5.41 Å². The second-order valence-corrected chi connectivity index (χ2v) is 4.09. The molecule has 12 heavy (non-hydrogen) atoms. The average Bonchev–Trinajstić information content (AvgIpc) is 2.55. The van der Waals surface area contributed by atoms with E-state index in [2.05, 4.69) is 0 Å². The summed E-state index contributed by atoms with van der Waals surface area (Å²) in [5.74, 6) is -0.104. The number of hydrogen-bond acceptors (Lipinski definition) is 3. The van der Waals surface area contributed by atoms with Crippen LogP contribution in [0.25, 0.3) is 0 Å². The number of aldehydes is 1. The summed E-state index contributed by atoms with van der Waals surface area (Å²) < 4.78 is 0. The van der Waals surface area contributed by atoms with Crippen molar-refractivity contribution in [3.8, 4) is 0 Å². The van der Waals surface area contributed by atoms with E-state index in [4.69, 9.17) is 0 Å². The van der Waals surface area contributed by atoms with Gasteiger partial charge in [0.05, 0.1) is 10.3 Å². The van der Waals surface area contributed by atoms with E-state index in [1.54, 1.807) is 26.0 Å². The van der Waals surface area contributed by atoms with Crippen LogP contribution in [0.1, 0.15) is 23.5 Å². The molecule has 0 saturated carbocycles. The summed E-state index contributed by atoms with van der Waals surface area (Å²) in [5.41, 5.74) is -0.884. The lowest BCUT2D eigenvalue weighted by atomic mass is 9.89. The van der Waals surface area contributed by atoms with Gasteiger partial charge in [0.1, 0.15) is 6.29 Å². The highest BCUT2D eigenvalue weighted by Gasteiger charge is 2.28. The lowest BCUT2D eigenvalue weighted by Gasteiger charge is -2.12. The lowest BCUT2D eigenvalue weighted by molar-refractivity contribution is -0.112. The van der Waals surface area contributed by atoms with E-state index in [-0.39, 0.29) is 5.78 Å². The molecule has 0 aliphatic carbocycles. The first-order valence-electron chi connectivity index (χ1n) is 3.62. The van der Waals surface area contributed by atoms with Crippen LogP contribution in [-0.4, -0.2) is 12.1 Å². The lowest BCUT2D eigenvalue weighted by Crippen LogP contribution is -2.24. The van der Waals surface area contributed by atoms with Crippen LogP contribution in [0.4, 0.5) is 0 Å². The highest BCUT2D eigenvalue weighted by molar-refractivity contribution is 7.12. The van der Waals surface area contributed by atoms with Crippen LogP contribution in [0.3, 0.4) is 0 Å². The van der Waals surface area contributed by atoms with Crippen molar-refractivity contribution in [3.05, 3.63) is 22.4 Å². The van der Waals surface area contributed by atoms with Gasteiger partial charge >= 0.3 is 0 Å². The van der Waals surface area contributed by atoms with Crippen molar-refractivity contribution in [1.82, 2.24) is 0 Å². The van der Waals surface area contributed by atoms with Gasteiger partial charge in [-0.1, -0.05) is 6.07 Å². The maximum Gasteiger partial charge on any atom is 0.185 e. The van der Waals surface area contributed by atoms with Crippen LogP contribution < -0.4 is 0 Å². The molecule has 1 heterocycles. The Labute approximate surface area is 75.2 Å². The first-order valence-corrected chi connectivity index (χ1v) is 4.50. The molecule has 64 valence electrons. The zero-order valence-electron chi connectivity index (χ0n) is 7.03. The third-order valence-electron chi connectivity index (χ3n) is 1.62. The molecular formula is C9H10O2S. The van der Waals surface area contributed by atoms with Gasteiger partial charge in [0, 0.05) is 0 Å². The summed E-state index contributed by atoms with van der Waals surface area (Å²) in [6.45, 7) is 3.25. The molecule has 1 rings (SSSR count). The zero-order valence-corrected chi connectivity index (χ0v) is 7.85. The molecule has 0 aliphatic rings. The Bertz CT molecular complexity index is 285. The largest absolute Gasteiger partial charge is 0.302 e. The van der Waals surface area contributed by atoms with Crippen LogP contribution in [0.5, 0.6) is 0 Å². The molecule has 0 atom stereocenters. The third kappa shape index (κ3) is 1.61. The van der Waals surface area contributed by atoms with E-state index in [0.717, 1.165) is 0 Å². The summed E-state index contributed by atoms with van der Waals surface area (Å²) in [5, 5.41) is 1.83. The van der Waals surface area contributed by atoms with Crippen molar-refractivity contribution in [2.75, 3.05) is 0 Å². The van der Waals surface area contributed by atoms with Gasteiger partial charge in [-0.15, -0.1) is 11.3 Å². The summed E-state index contributed by atoms with van der Waals surface area (Å²) >= 11 is 1.36. The highest BCUT2D eigenvalue weighted by Crippen LogP contribution is 2.22. The summed E-state index contributed by atoms with van der Waals surface area (Å²) in [6.07, 6.45) is 0.690. The SMILES string of the molecule is CC(C)(C=O)C(=O)c1cccs1. The molecule has 0 radical (unpaired) electrons. The Balaban J connectivity index is 2.93. The predicted molar refractivity (Wildman–Crippen MR) is 48.5 cm³/mol. The Morgan fingerprint density at radius 3 is 2.67 bits per heavy atom. The molecule has 3 heteroatoms. The minimum Gasteiger partial charge on any atom is -0.302 e. The molecule has 0 spiro atoms. The van der Waals surface area contributed by atoms with Gasteiger partial charge in [0.25, 0.3) is 0 Å². The molecule has 0 aliphatic heterocycles. The van der Waals surface area contributed by atoms with Gasteiger partial charge in [0.2, 0.25) is 0 Å². The fourth-order valence-electron chi connectivity index (χ4n) is 0.779. The van der Waals surface area contributed by atoms with E-state index in [1.807, 2.05) is 5.38 Å². The maximum atomic E-state index is 11.5. The fourth-order valence-corrected chi connectivity index (χ4v) is 1.61. The average molecular weight is 182 g/mol. The Morgan fingerprint density at radius 2 is 2.25 bits per heavy atom. The molecule has 0 bridgehead atoms. The number of rotatable bonds is 3. The number of carbonyl (C=O) groups excluding carboxylic acids is 2. The highest BCUT2D eigenvalue weighted by atomic mass is 32.1. The van der Waals surface area contributed by atoms with Crippen molar-refractivity contribution >= 4 is 23.4 Å². The molecule has 0 saturated heterocycles. The van der Waals surface area contributed by atoms with Crippen molar-refractivity contribution in [2.24, 2.45) is 5.41 Å². The second kappa shape index (κ2) is 3.19. The van der Waals surface area contributed by atoms with Gasteiger partial charge in [-0.2, -0.15) is 0 Å². The van der Waals surface area contributed by atoms with Crippen LogP contribution >= 0.6 is 11.3 Å². The van der Waals surface area contributed by atoms with E-state index in [1.165, 1.54) is 11.3 Å². The maximum absolute atomic E-state index is 11.5. The van der Waals surface area contributed by atoms with Crippen LogP contribution in [0.2, 0.25) is 0 Å². The van der Waals surface area contributed by atoms with Gasteiger partial charge in [-0.05, 0) is 25.3 Å². The molecule has 2 nitrogen and oxygen atoms in total. The first-order chi connectivity index (χ1) is 5.58. The number of thiophene rings is 1. The van der Waals surface area contributed by atoms with Crippen molar-refractivity contribution < 1.29 is 9.59 Å². The van der Waals surface area contributed by atoms with Crippen molar-refractivity contribution in [2.45, 2.75) is 13.8 Å². The molecule has 0 unspecified atom stereocenters. The summed E-state index contributed by atoms with van der Waals surface area (Å²) in [7, 11) is 0. The topological polar surface area (TPSA) is 34.1 Å². The molecule has 1 aromatic rings. The molecule has 0 aromatic carbocycles. The number of ketones is 1. The van der Waals surface area contributed by atoms with E-state index < -0.39 is 5.41 Å². The Hall–Kier alpha value is -0.960. The van der Waals surface area contributed by atoms with E-state index in [0.29, 0.717) is 11.2 Å².